The first kappa shape index (κ1) is 66.1. The Hall–Kier alpha value is -4.22. The number of nitrogens with zero attached hydrogens (tertiary/aromatic N) is 2. The molecule has 2 aromatic rings. The second-order valence-corrected chi connectivity index (χ2v) is 24.4. The van der Waals surface area contributed by atoms with Crippen LogP contribution in [-0.2, 0) is 73.6 Å². The Morgan fingerprint density at radius 3 is 0.895 bits per heavy atom. The number of carbonyl (C=O) groups excluding carboxylic acids is 6. The van der Waals surface area contributed by atoms with Crippen LogP contribution in [0.5, 0.6) is 0 Å². The summed E-state index contributed by atoms with van der Waals surface area (Å²) in [6.45, 7) is 12.1. The Labute approximate surface area is 444 Å². The molecule has 0 spiro atoms. The smallest absolute Gasteiger partial charge is 0.349 e. The van der Waals surface area contributed by atoms with E-state index in [2.05, 4.69) is 31.9 Å². The Kier molecular flexibility index (Phi) is 28.9. The van der Waals surface area contributed by atoms with Gasteiger partial charge in [-0.15, -0.1) is 0 Å². The lowest BCUT2D eigenvalue weighted by molar-refractivity contribution is -0.126. The summed E-state index contributed by atoms with van der Waals surface area (Å²) in [4.78, 5) is 84.6. The van der Waals surface area contributed by atoms with Gasteiger partial charge in [0.25, 0.3) is 0 Å². The van der Waals surface area contributed by atoms with E-state index in [1.54, 1.807) is 79.7 Å². The first-order valence-corrected chi connectivity index (χ1v) is 32.0. The standard InChI is InChI=1S/C46H76N8O18P4/c1-9-65-73(61,66-10-2)31-49-39(55)27-53(28-40(56)50-32-74(62,67-11-3)68-12-4)25-23-47-37-21-17-19-35-43(37)46(60)44-36(45(35)59)20-18-22-38(44)48-24-26-54(29-41(57)51-33-75(63,69-13-5)70-14-6)30-42(58)52-34-76(64,71-15-7)72-16-8/h17-22,47-48H,9-16,23-34H2,1-8H3,(H,49,55)(H,50,56)(H,51,57)(H,52,58). The molecule has 0 saturated heterocycles. The monoisotopic (exact) mass is 1150 g/mol. The molecule has 0 saturated carbocycles. The molecule has 3 rings (SSSR count). The Morgan fingerprint density at radius 2 is 0.658 bits per heavy atom. The number of nitrogens with one attached hydrogen (secondary N) is 6. The summed E-state index contributed by atoms with van der Waals surface area (Å²) >= 11 is 0. The van der Waals surface area contributed by atoms with Crippen molar-refractivity contribution < 1.29 is 83.2 Å². The molecule has 0 fully saturated rings. The number of amides is 4. The number of fused-ring (bicyclic) bond motifs is 2. The van der Waals surface area contributed by atoms with E-state index in [4.69, 9.17) is 36.2 Å². The topological polar surface area (TPSA) is 323 Å². The summed E-state index contributed by atoms with van der Waals surface area (Å²) < 4.78 is 94.4. The van der Waals surface area contributed by atoms with Gasteiger partial charge in [-0.1, -0.05) is 24.3 Å². The third kappa shape index (κ3) is 21.5. The molecule has 6 N–H and O–H groups in total. The first-order chi connectivity index (χ1) is 36.2. The largest absolute Gasteiger partial charge is 0.383 e. The van der Waals surface area contributed by atoms with Crippen molar-refractivity contribution in [2.24, 2.45) is 0 Å². The van der Waals surface area contributed by atoms with Gasteiger partial charge in [0.15, 0.2) is 11.6 Å². The summed E-state index contributed by atoms with van der Waals surface area (Å²) in [6.07, 6.45) is -1.72. The van der Waals surface area contributed by atoms with E-state index >= 15 is 0 Å². The van der Waals surface area contributed by atoms with Crippen LogP contribution in [0, 0.1) is 0 Å². The summed E-state index contributed by atoms with van der Waals surface area (Å²) in [7, 11) is -14.7. The lowest BCUT2D eigenvalue weighted by Gasteiger charge is -2.26. The van der Waals surface area contributed by atoms with Crippen LogP contribution in [0.15, 0.2) is 36.4 Å². The molecular formula is C46H76N8O18P4. The van der Waals surface area contributed by atoms with Crippen LogP contribution in [-0.4, -0.2) is 175 Å². The number of rotatable bonds is 40. The van der Waals surface area contributed by atoms with Crippen molar-refractivity contribution in [1.82, 2.24) is 31.1 Å². The van der Waals surface area contributed by atoms with Gasteiger partial charge >= 0.3 is 30.4 Å². The normalized spacial score (nSPS) is 12.8. The lowest BCUT2D eigenvalue weighted by Crippen LogP contribution is -2.45. The van der Waals surface area contributed by atoms with Crippen molar-refractivity contribution in [2.45, 2.75) is 55.4 Å². The predicted molar refractivity (Wildman–Crippen MR) is 285 cm³/mol. The number of ketones is 2. The summed E-state index contributed by atoms with van der Waals surface area (Å²) in [5.74, 6) is -3.44. The van der Waals surface area contributed by atoms with E-state index < -0.39 is 90.7 Å². The van der Waals surface area contributed by atoms with Crippen LogP contribution in [0.25, 0.3) is 0 Å². The fraction of sp³-hybridized carbons (Fsp3) is 0.609. The van der Waals surface area contributed by atoms with Gasteiger partial charge in [-0.25, -0.2) is 0 Å². The molecule has 2 aromatic carbocycles. The molecule has 0 radical (unpaired) electrons. The predicted octanol–water partition coefficient (Wildman–Crippen LogP) is 5.25. The Bertz CT molecular complexity index is 2170. The minimum Gasteiger partial charge on any atom is -0.383 e. The molecule has 4 amide bonds. The van der Waals surface area contributed by atoms with Crippen molar-refractivity contribution in [2.75, 3.05) is 141 Å². The fourth-order valence-corrected chi connectivity index (χ4v) is 13.2. The molecule has 0 aliphatic heterocycles. The minimum atomic E-state index is -3.67. The zero-order chi connectivity index (χ0) is 56.4. The quantitative estimate of drug-likeness (QED) is 0.0396. The molecule has 30 heteroatoms. The summed E-state index contributed by atoms with van der Waals surface area (Å²) in [5, 5.41) is 16.5. The third-order valence-electron chi connectivity index (χ3n) is 10.5. The van der Waals surface area contributed by atoms with E-state index in [1.165, 1.54) is 21.9 Å². The second kappa shape index (κ2) is 33.3. The van der Waals surface area contributed by atoms with Crippen LogP contribution < -0.4 is 31.9 Å². The van der Waals surface area contributed by atoms with Crippen molar-refractivity contribution in [3.05, 3.63) is 58.7 Å². The molecule has 76 heavy (non-hydrogen) atoms. The van der Waals surface area contributed by atoms with Crippen molar-refractivity contribution in [1.29, 1.82) is 0 Å². The number of carbonyl (C=O) groups is 6. The van der Waals surface area contributed by atoms with Crippen LogP contribution in [0.3, 0.4) is 0 Å². The molecule has 0 aromatic heterocycles. The second-order valence-electron chi connectivity index (χ2n) is 16.2. The van der Waals surface area contributed by atoms with Gasteiger partial charge in [0.1, 0.15) is 25.1 Å². The van der Waals surface area contributed by atoms with Crippen molar-refractivity contribution >= 4 is 77.0 Å². The maximum Gasteiger partial charge on any atom is 0.349 e. The van der Waals surface area contributed by atoms with Crippen molar-refractivity contribution in [3.63, 3.8) is 0 Å². The number of anilines is 2. The summed E-state index contributed by atoms with van der Waals surface area (Å²) in [5.41, 5.74) is 0.905. The zero-order valence-corrected chi connectivity index (χ0v) is 48.2. The highest BCUT2D eigenvalue weighted by molar-refractivity contribution is 7.54. The molecule has 0 atom stereocenters. The molecule has 0 bridgehead atoms. The highest BCUT2D eigenvalue weighted by Gasteiger charge is 2.35. The van der Waals surface area contributed by atoms with Gasteiger partial charge in [-0.05, 0) is 67.5 Å². The number of benzene rings is 2. The average Bonchev–Trinajstić information content (AvgIpc) is 3.36. The van der Waals surface area contributed by atoms with Crippen LogP contribution in [0.4, 0.5) is 11.4 Å². The van der Waals surface area contributed by atoms with E-state index in [-0.39, 0.29) is 139 Å². The zero-order valence-electron chi connectivity index (χ0n) is 44.6. The maximum atomic E-state index is 14.6. The SMILES string of the molecule is CCOP(=O)(CNC(=O)CN(CCNc1cccc2c1C(=O)c1c(NCCN(CC(=O)NCP(=O)(OCC)OCC)CC(=O)NCP(=O)(OCC)OCC)cccc1C2=O)CC(=O)NCP(=O)(OCC)OCC)OCC. The first-order valence-electron chi connectivity index (χ1n) is 25.1. The van der Waals surface area contributed by atoms with Gasteiger partial charge in [-0.2, -0.15) is 0 Å². The Balaban J connectivity index is 1.85. The summed E-state index contributed by atoms with van der Waals surface area (Å²) in [6, 6.07) is 9.45. The van der Waals surface area contributed by atoms with Gasteiger partial charge in [0.05, 0.1) is 90.2 Å². The van der Waals surface area contributed by atoms with Crippen LogP contribution in [0.2, 0.25) is 0 Å². The van der Waals surface area contributed by atoms with Crippen molar-refractivity contribution in [3.8, 4) is 0 Å². The van der Waals surface area contributed by atoms with E-state index in [0.717, 1.165) is 0 Å². The molecule has 0 heterocycles. The van der Waals surface area contributed by atoms with Gasteiger partial charge in [0.2, 0.25) is 23.6 Å². The van der Waals surface area contributed by atoms with Crippen LogP contribution >= 0.6 is 30.4 Å². The highest BCUT2D eigenvalue weighted by Crippen LogP contribution is 2.49. The molecule has 26 nitrogen and oxygen atoms in total. The van der Waals surface area contributed by atoms with E-state index in [9.17, 15) is 47.0 Å². The average molecular weight is 1150 g/mol. The Morgan fingerprint density at radius 1 is 0.408 bits per heavy atom. The number of hydrogen-bond acceptors (Lipinski definition) is 22. The minimum absolute atomic E-state index is 0.00242. The molecule has 428 valence electrons. The number of hydrogen-bond donors (Lipinski definition) is 6. The van der Waals surface area contributed by atoms with Gasteiger partial charge < -0.3 is 68.1 Å². The fourth-order valence-electron chi connectivity index (χ4n) is 7.53. The van der Waals surface area contributed by atoms with Crippen LogP contribution in [0.1, 0.15) is 87.2 Å². The maximum absolute atomic E-state index is 14.6. The van der Waals surface area contributed by atoms with Gasteiger partial charge in [-0.3, -0.25) is 56.8 Å². The van der Waals surface area contributed by atoms with Gasteiger partial charge in [0, 0.05) is 48.7 Å². The van der Waals surface area contributed by atoms with E-state index in [1.807, 2.05) is 0 Å². The lowest BCUT2D eigenvalue weighted by atomic mass is 9.82. The third-order valence-corrected chi connectivity index (χ3v) is 17.9. The molecule has 1 aliphatic rings. The highest BCUT2D eigenvalue weighted by atomic mass is 31.2. The van der Waals surface area contributed by atoms with E-state index in [0.29, 0.717) is 0 Å². The molecular weight excluding hydrogens is 1080 g/mol. The molecule has 0 unspecified atom stereocenters. The molecule has 1 aliphatic carbocycles.